The average Bonchev–Trinajstić information content (AvgIpc) is 3.19. The molecule has 6 nitrogen and oxygen atoms in total. The first kappa shape index (κ1) is 18.7. The van der Waals surface area contributed by atoms with Crippen LogP contribution in [0.1, 0.15) is 25.6 Å². The second kappa shape index (κ2) is 9.03. The van der Waals surface area contributed by atoms with E-state index < -0.39 is 0 Å². The van der Waals surface area contributed by atoms with Crippen LogP contribution in [0.2, 0.25) is 0 Å². The van der Waals surface area contributed by atoms with Gasteiger partial charge in [-0.05, 0) is 58.3 Å². The Morgan fingerprint density at radius 2 is 2.15 bits per heavy atom. The number of aryl methyl sites for hydroxylation is 2. The zero-order chi connectivity index (χ0) is 18.4. The topological polar surface area (TPSA) is 57.5 Å². The molecule has 1 aromatic carbocycles. The Balaban J connectivity index is 1.49. The SMILES string of the molecule is CCNC(=NCC1CCN(C)C1)NCCCn1c(C)nc2ccccc21. The van der Waals surface area contributed by atoms with E-state index in [4.69, 9.17) is 4.99 Å². The van der Waals surface area contributed by atoms with Crippen molar-refractivity contribution in [3.63, 3.8) is 0 Å². The molecule has 0 aliphatic carbocycles. The monoisotopic (exact) mass is 356 g/mol. The Morgan fingerprint density at radius 3 is 2.92 bits per heavy atom. The number of imidazole rings is 1. The molecule has 0 bridgehead atoms. The number of aliphatic imine (C=N–C) groups is 1. The van der Waals surface area contributed by atoms with Gasteiger partial charge in [0, 0.05) is 32.7 Å². The van der Waals surface area contributed by atoms with Crippen molar-refractivity contribution < 1.29 is 0 Å². The summed E-state index contributed by atoms with van der Waals surface area (Å²) in [5.41, 5.74) is 2.30. The second-order valence-corrected chi connectivity index (χ2v) is 7.22. The average molecular weight is 357 g/mol. The molecule has 0 spiro atoms. The fourth-order valence-corrected chi connectivity index (χ4v) is 3.66. The molecule has 1 atom stereocenters. The van der Waals surface area contributed by atoms with Crippen molar-refractivity contribution in [1.82, 2.24) is 25.1 Å². The second-order valence-electron chi connectivity index (χ2n) is 7.22. The third kappa shape index (κ3) is 4.75. The third-order valence-electron chi connectivity index (χ3n) is 5.04. The van der Waals surface area contributed by atoms with Crippen LogP contribution in [0, 0.1) is 12.8 Å². The number of benzene rings is 1. The van der Waals surface area contributed by atoms with Crippen molar-refractivity contribution in [3.05, 3.63) is 30.1 Å². The molecule has 2 N–H and O–H groups in total. The quantitative estimate of drug-likeness (QED) is 0.454. The summed E-state index contributed by atoms with van der Waals surface area (Å²) in [6.45, 7) is 10.2. The molecule has 0 amide bonds. The van der Waals surface area contributed by atoms with Crippen LogP contribution >= 0.6 is 0 Å². The zero-order valence-corrected chi connectivity index (χ0v) is 16.3. The fourth-order valence-electron chi connectivity index (χ4n) is 3.66. The van der Waals surface area contributed by atoms with Gasteiger partial charge in [0.15, 0.2) is 5.96 Å². The first-order valence-corrected chi connectivity index (χ1v) is 9.80. The Morgan fingerprint density at radius 1 is 1.31 bits per heavy atom. The number of fused-ring (bicyclic) bond motifs is 1. The lowest BCUT2D eigenvalue weighted by atomic mass is 10.1. The van der Waals surface area contributed by atoms with Crippen LogP contribution in [0.4, 0.5) is 0 Å². The highest BCUT2D eigenvalue weighted by Gasteiger charge is 2.18. The van der Waals surface area contributed by atoms with Gasteiger partial charge in [-0.15, -0.1) is 0 Å². The number of nitrogens with zero attached hydrogens (tertiary/aromatic N) is 4. The van der Waals surface area contributed by atoms with Gasteiger partial charge in [-0.25, -0.2) is 4.98 Å². The maximum atomic E-state index is 4.78. The van der Waals surface area contributed by atoms with Crippen molar-refractivity contribution in [2.75, 3.05) is 39.8 Å². The summed E-state index contributed by atoms with van der Waals surface area (Å²) in [7, 11) is 2.19. The number of likely N-dealkylation sites (tertiary alicyclic amines) is 1. The van der Waals surface area contributed by atoms with Gasteiger partial charge in [-0.1, -0.05) is 12.1 Å². The molecule has 1 unspecified atom stereocenters. The van der Waals surface area contributed by atoms with E-state index in [9.17, 15) is 0 Å². The van der Waals surface area contributed by atoms with Crippen LogP contribution < -0.4 is 10.6 Å². The number of rotatable bonds is 7. The van der Waals surface area contributed by atoms with Crippen molar-refractivity contribution in [3.8, 4) is 0 Å². The molecule has 3 rings (SSSR count). The lowest BCUT2D eigenvalue weighted by Gasteiger charge is -2.14. The summed E-state index contributed by atoms with van der Waals surface area (Å²) in [6.07, 6.45) is 2.30. The lowest BCUT2D eigenvalue weighted by Crippen LogP contribution is -2.38. The van der Waals surface area contributed by atoms with Crippen LogP contribution in [0.5, 0.6) is 0 Å². The predicted octanol–water partition coefficient (Wildman–Crippen LogP) is 2.24. The van der Waals surface area contributed by atoms with Gasteiger partial charge in [0.05, 0.1) is 11.0 Å². The highest BCUT2D eigenvalue weighted by molar-refractivity contribution is 5.79. The summed E-state index contributed by atoms with van der Waals surface area (Å²) in [5.74, 6) is 2.71. The van der Waals surface area contributed by atoms with Crippen molar-refractivity contribution >= 4 is 17.0 Å². The van der Waals surface area contributed by atoms with E-state index in [2.05, 4.69) is 64.2 Å². The molecule has 1 saturated heterocycles. The summed E-state index contributed by atoms with van der Waals surface area (Å²) in [4.78, 5) is 11.8. The Hall–Kier alpha value is -2.08. The smallest absolute Gasteiger partial charge is 0.191 e. The van der Waals surface area contributed by atoms with Crippen LogP contribution in [0.15, 0.2) is 29.3 Å². The number of para-hydroxylation sites is 2. The van der Waals surface area contributed by atoms with E-state index in [0.29, 0.717) is 5.92 Å². The highest BCUT2D eigenvalue weighted by Crippen LogP contribution is 2.16. The molecule has 1 fully saturated rings. The third-order valence-corrected chi connectivity index (χ3v) is 5.04. The van der Waals surface area contributed by atoms with Gasteiger partial charge in [0.1, 0.15) is 5.82 Å². The molecule has 6 heteroatoms. The molecule has 1 aromatic heterocycles. The minimum Gasteiger partial charge on any atom is -0.357 e. The van der Waals surface area contributed by atoms with Gasteiger partial charge < -0.3 is 20.1 Å². The number of hydrogen-bond acceptors (Lipinski definition) is 3. The number of nitrogens with one attached hydrogen (secondary N) is 2. The molecule has 0 radical (unpaired) electrons. The summed E-state index contributed by atoms with van der Waals surface area (Å²) >= 11 is 0. The van der Waals surface area contributed by atoms with E-state index in [1.165, 1.54) is 18.5 Å². The normalized spacial score (nSPS) is 18.6. The first-order valence-electron chi connectivity index (χ1n) is 9.80. The fraction of sp³-hybridized carbons (Fsp3) is 0.600. The number of aromatic nitrogens is 2. The number of hydrogen-bond donors (Lipinski definition) is 2. The first-order chi connectivity index (χ1) is 12.7. The van der Waals surface area contributed by atoms with E-state index in [1.54, 1.807) is 0 Å². The maximum absolute atomic E-state index is 4.78. The minimum absolute atomic E-state index is 0.690. The van der Waals surface area contributed by atoms with Gasteiger partial charge >= 0.3 is 0 Å². The summed E-state index contributed by atoms with van der Waals surface area (Å²) in [6, 6.07) is 8.34. The van der Waals surface area contributed by atoms with Crippen LogP contribution in [-0.2, 0) is 6.54 Å². The zero-order valence-electron chi connectivity index (χ0n) is 16.3. The van der Waals surface area contributed by atoms with Crippen LogP contribution in [0.3, 0.4) is 0 Å². The molecule has 1 aliphatic rings. The molecule has 26 heavy (non-hydrogen) atoms. The van der Waals surface area contributed by atoms with Crippen LogP contribution in [-0.4, -0.2) is 60.2 Å². The molecule has 142 valence electrons. The standard InChI is InChI=1S/C20H32N6/c1-4-21-20(23-14-17-10-13-25(3)15-17)22-11-7-12-26-16(2)24-18-8-5-6-9-19(18)26/h5-6,8-9,17H,4,7,10-15H2,1-3H3,(H2,21,22,23). The van der Waals surface area contributed by atoms with Gasteiger partial charge in [-0.2, -0.15) is 0 Å². The molecular weight excluding hydrogens is 324 g/mol. The summed E-state index contributed by atoms with van der Waals surface area (Å²) in [5, 5.41) is 6.84. The Labute approximate surface area is 156 Å². The van der Waals surface area contributed by atoms with Crippen LogP contribution in [0.25, 0.3) is 11.0 Å². The predicted molar refractivity (Wildman–Crippen MR) is 109 cm³/mol. The highest BCUT2D eigenvalue weighted by atomic mass is 15.2. The van der Waals surface area contributed by atoms with E-state index in [0.717, 1.165) is 56.4 Å². The lowest BCUT2D eigenvalue weighted by molar-refractivity contribution is 0.397. The van der Waals surface area contributed by atoms with E-state index in [1.807, 2.05) is 6.07 Å². The van der Waals surface area contributed by atoms with E-state index in [-0.39, 0.29) is 0 Å². The van der Waals surface area contributed by atoms with Crippen molar-refractivity contribution in [1.29, 1.82) is 0 Å². The molecule has 0 saturated carbocycles. The molecule has 1 aliphatic heterocycles. The largest absolute Gasteiger partial charge is 0.357 e. The Bertz CT molecular complexity index is 735. The minimum atomic E-state index is 0.690. The molecule has 2 aromatic rings. The molecule has 2 heterocycles. The van der Waals surface area contributed by atoms with Crippen molar-refractivity contribution in [2.45, 2.75) is 33.2 Å². The van der Waals surface area contributed by atoms with Gasteiger partial charge in [0.2, 0.25) is 0 Å². The van der Waals surface area contributed by atoms with E-state index >= 15 is 0 Å². The number of guanidine groups is 1. The Kier molecular flexibility index (Phi) is 6.50. The molecular formula is C20H32N6. The maximum Gasteiger partial charge on any atom is 0.191 e. The summed E-state index contributed by atoms with van der Waals surface area (Å²) < 4.78 is 2.30. The van der Waals surface area contributed by atoms with Gasteiger partial charge in [0.25, 0.3) is 0 Å². The van der Waals surface area contributed by atoms with Crippen molar-refractivity contribution in [2.24, 2.45) is 10.9 Å². The van der Waals surface area contributed by atoms with Gasteiger partial charge in [-0.3, -0.25) is 4.99 Å².